The number of hydrogen-bond donors (Lipinski definition) is 0. The van der Waals surface area contributed by atoms with Crippen molar-refractivity contribution >= 4 is 0 Å². The summed E-state index contributed by atoms with van der Waals surface area (Å²) in [5, 5.41) is 0. The van der Waals surface area contributed by atoms with Gasteiger partial charge in [-0.15, -0.1) is 0 Å². The molecule has 1 aromatic rings. The zero-order chi connectivity index (χ0) is 10.1. The summed E-state index contributed by atoms with van der Waals surface area (Å²) in [6.07, 6.45) is 1.95. The highest BCUT2D eigenvalue weighted by Gasteiger charge is 2.35. The van der Waals surface area contributed by atoms with E-state index in [1.165, 1.54) is 17.5 Å². The van der Waals surface area contributed by atoms with E-state index in [-0.39, 0.29) is 0 Å². The molecular formula is C13H18O. The van der Waals surface area contributed by atoms with Gasteiger partial charge in [0.2, 0.25) is 0 Å². The van der Waals surface area contributed by atoms with Crippen molar-refractivity contribution in [3.05, 3.63) is 35.4 Å². The summed E-state index contributed by atoms with van der Waals surface area (Å²) < 4.78 is 5.42. The van der Waals surface area contributed by atoms with E-state index < -0.39 is 0 Å². The molecule has 0 spiro atoms. The first-order chi connectivity index (χ1) is 6.66. The highest BCUT2D eigenvalue weighted by atomic mass is 16.6. The molecule has 14 heavy (non-hydrogen) atoms. The van der Waals surface area contributed by atoms with Crippen LogP contribution in [0.1, 0.15) is 38.0 Å². The Bertz CT molecular complexity index is 300. The predicted molar refractivity (Wildman–Crippen MR) is 58.3 cm³/mol. The van der Waals surface area contributed by atoms with E-state index in [1.54, 1.807) is 0 Å². The Balaban J connectivity index is 2.03. The maximum atomic E-state index is 5.42. The molecule has 1 heterocycles. The van der Waals surface area contributed by atoms with E-state index in [9.17, 15) is 0 Å². The third-order valence-electron chi connectivity index (χ3n) is 2.66. The summed E-state index contributed by atoms with van der Waals surface area (Å²) in [6, 6.07) is 8.85. The molecule has 1 nitrogen and oxygen atoms in total. The molecule has 1 aliphatic heterocycles. The Morgan fingerprint density at radius 2 is 1.79 bits per heavy atom. The van der Waals surface area contributed by atoms with Gasteiger partial charge < -0.3 is 4.74 Å². The van der Waals surface area contributed by atoms with Crippen LogP contribution < -0.4 is 0 Å². The van der Waals surface area contributed by atoms with Gasteiger partial charge in [0.25, 0.3) is 0 Å². The van der Waals surface area contributed by atoms with Gasteiger partial charge in [-0.05, 0) is 30.4 Å². The average Bonchev–Trinajstić information content (AvgIpc) is 2.83. The van der Waals surface area contributed by atoms with Crippen LogP contribution in [-0.2, 0) is 11.2 Å². The van der Waals surface area contributed by atoms with Crippen LogP contribution in [0.5, 0.6) is 0 Å². The number of benzene rings is 1. The molecule has 1 aliphatic rings. The average molecular weight is 190 g/mol. The molecule has 1 heteroatoms. The maximum Gasteiger partial charge on any atom is 0.109 e. The normalized spacial score (nSPS) is 25.4. The van der Waals surface area contributed by atoms with Crippen molar-refractivity contribution < 1.29 is 4.74 Å². The summed E-state index contributed by atoms with van der Waals surface area (Å²) in [5.74, 6) is 0.733. The Morgan fingerprint density at radius 1 is 1.21 bits per heavy atom. The van der Waals surface area contributed by atoms with Gasteiger partial charge >= 0.3 is 0 Å². The van der Waals surface area contributed by atoms with Gasteiger partial charge in [-0.1, -0.05) is 38.1 Å². The fourth-order valence-electron chi connectivity index (χ4n) is 1.85. The molecule has 0 radical (unpaired) electrons. The van der Waals surface area contributed by atoms with Gasteiger partial charge in [-0.2, -0.15) is 0 Å². The lowest BCUT2D eigenvalue weighted by molar-refractivity contribution is 0.383. The highest BCUT2D eigenvalue weighted by molar-refractivity contribution is 5.27. The number of hydrogen-bond acceptors (Lipinski definition) is 1. The van der Waals surface area contributed by atoms with Crippen LogP contribution in [0, 0.1) is 5.92 Å². The topological polar surface area (TPSA) is 12.5 Å². The van der Waals surface area contributed by atoms with Crippen molar-refractivity contribution in [2.45, 2.75) is 39.4 Å². The molecule has 1 aromatic carbocycles. The molecule has 76 valence electrons. The lowest BCUT2D eigenvalue weighted by atomic mass is 10.0. The van der Waals surface area contributed by atoms with Crippen molar-refractivity contribution in [2.75, 3.05) is 0 Å². The van der Waals surface area contributed by atoms with E-state index in [0.29, 0.717) is 12.2 Å². The summed E-state index contributed by atoms with van der Waals surface area (Å²) in [7, 11) is 0. The van der Waals surface area contributed by atoms with E-state index in [2.05, 4.69) is 45.0 Å². The van der Waals surface area contributed by atoms with Crippen LogP contribution in [0.4, 0.5) is 0 Å². The maximum absolute atomic E-state index is 5.42. The minimum Gasteiger partial charge on any atom is -0.365 e. The fraction of sp³-hybridized carbons (Fsp3) is 0.538. The first-order valence-corrected chi connectivity index (χ1v) is 5.41. The van der Waals surface area contributed by atoms with Gasteiger partial charge in [0.1, 0.15) is 6.10 Å². The van der Waals surface area contributed by atoms with Gasteiger partial charge in [0, 0.05) is 0 Å². The van der Waals surface area contributed by atoms with Gasteiger partial charge in [-0.25, -0.2) is 0 Å². The summed E-state index contributed by atoms with van der Waals surface area (Å²) >= 11 is 0. The monoisotopic (exact) mass is 190 g/mol. The van der Waals surface area contributed by atoms with Crippen molar-refractivity contribution in [1.82, 2.24) is 0 Å². The van der Waals surface area contributed by atoms with Crippen molar-refractivity contribution in [2.24, 2.45) is 5.92 Å². The van der Waals surface area contributed by atoms with Crippen LogP contribution >= 0.6 is 0 Å². The van der Waals surface area contributed by atoms with Crippen molar-refractivity contribution in [3.63, 3.8) is 0 Å². The standard InChI is InChI=1S/C13H18O/c1-9(2)8-11-4-6-12(7-5-11)13-10(3)14-13/h4-7,9-10,13H,8H2,1-3H3. The van der Waals surface area contributed by atoms with Crippen LogP contribution in [0.3, 0.4) is 0 Å². The molecule has 2 unspecified atom stereocenters. The van der Waals surface area contributed by atoms with Gasteiger partial charge in [0.05, 0.1) is 6.10 Å². The molecule has 2 atom stereocenters. The number of ether oxygens (including phenoxy) is 1. The second-order valence-corrected chi connectivity index (χ2v) is 4.60. The highest BCUT2D eigenvalue weighted by Crippen LogP contribution is 2.37. The van der Waals surface area contributed by atoms with Crippen LogP contribution in [-0.4, -0.2) is 6.10 Å². The Kier molecular flexibility index (Phi) is 2.60. The molecule has 0 amide bonds. The second-order valence-electron chi connectivity index (χ2n) is 4.60. The molecule has 0 N–H and O–H groups in total. The summed E-state index contributed by atoms with van der Waals surface area (Å²) in [4.78, 5) is 0. The SMILES string of the molecule is CC(C)Cc1ccc(C2OC2C)cc1. The molecule has 1 saturated heterocycles. The molecule has 1 fully saturated rings. The second kappa shape index (κ2) is 3.74. The number of rotatable bonds is 3. The third kappa shape index (κ3) is 2.16. The molecule has 0 aromatic heterocycles. The van der Waals surface area contributed by atoms with E-state index in [4.69, 9.17) is 4.74 Å². The first-order valence-electron chi connectivity index (χ1n) is 5.41. The molecule has 2 rings (SSSR count). The van der Waals surface area contributed by atoms with E-state index in [1.807, 2.05) is 0 Å². The van der Waals surface area contributed by atoms with E-state index in [0.717, 1.165) is 5.92 Å². The zero-order valence-electron chi connectivity index (χ0n) is 9.16. The Morgan fingerprint density at radius 3 is 2.21 bits per heavy atom. The third-order valence-corrected chi connectivity index (χ3v) is 2.66. The fourth-order valence-corrected chi connectivity index (χ4v) is 1.85. The van der Waals surface area contributed by atoms with Crippen LogP contribution in [0.15, 0.2) is 24.3 Å². The minimum absolute atomic E-state index is 0.364. The molecule has 0 aliphatic carbocycles. The van der Waals surface area contributed by atoms with Gasteiger partial charge in [0.15, 0.2) is 0 Å². The van der Waals surface area contributed by atoms with Gasteiger partial charge in [-0.3, -0.25) is 0 Å². The van der Waals surface area contributed by atoms with Crippen LogP contribution in [0.2, 0.25) is 0 Å². The predicted octanol–water partition coefficient (Wildman–Crippen LogP) is 3.34. The molecular weight excluding hydrogens is 172 g/mol. The summed E-state index contributed by atoms with van der Waals surface area (Å²) in [5.41, 5.74) is 2.75. The summed E-state index contributed by atoms with van der Waals surface area (Å²) in [6.45, 7) is 6.62. The lowest BCUT2D eigenvalue weighted by Crippen LogP contribution is -1.94. The van der Waals surface area contributed by atoms with Crippen molar-refractivity contribution in [3.8, 4) is 0 Å². The smallest absolute Gasteiger partial charge is 0.109 e. The first kappa shape index (κ1) is 9.72. The largest absolute Gasteiger partial charge is 0.365 e. The number of epoxide rings is 1. The lowest BCUT2D eigenvalue weighted by Gasteiger charge is -2.05. The zero-order valence-corrected chi connectivity index (χ0v) is 9.16. The Hall–Kier alpha value is -0.820. The molecule has 0 bridgehead atoms. The van der Waals surface area contributed by atoms with Crippen LogP contribution in [0.25, 0.3) is 0 Å². The molecule has 0 saturated carbocycles. The Labute approximate surface area is 86.1 Å². The van der Waals surface area contributed by atoms with E-state index >= 15 is 0 Å². The van der Waals surface area contributed by atoms with Crippen molar-refractivity contribution in [1.29, 1.82) is 0 Å². The quantitative estimate of drug-likeness (QED) is 0.666. The minimum atomic E-state index is 0.364.